The van der Waals surface area contributed by atoms with Crippen molar-refractivity contribution in [3.05, 3.63) is 55.2 Å². The molecular weight excluding hydrogens is 380 g/mol. The third-order valence-corrected chi connectivity index (χ3v) is 5.31. The molecule has 7 nitrogen and oxygen atoms in total. The van der Waals surface area contributed by atoms with Gasteiger partial charge in [-0.05, 0) is 37.0 Å². The van der Waals surface area contributed by atoms with Gasteiger partial charge >= 0.3 is 0 Å². The molecule has 0 N–H and O–H groups in total. The van der Waals surface area contributed by atoms with Crippen LogP contribution in [0.5, 0.6) is 11.5 Å². The fourth-order valence-corrected chi connectivity index (χ4v) is 3.50. The van der Waals surface area contributed by atoms with Gasteiger partial charge in [0.25, 0.3) is 0 Å². The maximum atomic E-state index is 5.49. The Kier molecular flexibility index (Phi) is 4.71. The third-order valence-electron chi connectivity index (χ3n) is 5.31. The van der Waals surface area contributed by atoms with E-state index in [1.54, 1.807) is 26.6 Å². The van der Waals surface area contributed by atoms with E-state index >= 15 is 0 Å². The smallest absolute Gasteiger partial charge is 0.181 e. The van der Waals surface area contributed by atoms with Crippen LogP contribution >= 0.6 is 0 Å². The molecule has 0 unspecified atom stereocenters. The molecule has 0 spiro atoms. The second-order valence-corrected chi connectivity index (χ2v) is 7.42. The summed E-state index contributed by atoms with van der Waals surface area (Å²) in [5.41, 5.74) is 4.37. The molecule has 0 atom stereocenters. The Labute approximate surface area is 174 Å². The molecular formula is C23H22N4O3. The first-order valence-electron chi connectivity index (χ1n) is 9.90. The first kappa shape index (κ1) is 18.4. The van der Waals surface area contributed by atoms with Gasteiger partial charge in [-0.1, -0.05) is 0 Å². The van der Waals surface area contributed by atoms with Crippen molar-refractivity contribution in [3.8, 4) is 23.0 Å². The number of rotatable bonds is 7. The molecule has 2 aromatic heterocycles. The van der Waals surface area contributed by atoms with Gasteiger partial charge in [0, 0.05) is 36.1 Å². The quantitative estimate of drug-likeness (QED) is 0.437. The lowest BCUT2D eigenvalue weighted by atomic mass is 10.2. The van der Waals surface area contributed by atoms with Gasteiger partial charge in [-0.3, -0.25) is 4.98 Å². The number of nitrogens with zero attached hydrogens (tertiary/aromatic N) is 4. The summed E-state index contributed by atoms with van der Waals surface area (Å²) in [6.07, 6.45) is 7.24. The molecule has 1 saturated carbocycles. The number of hydrogen-bond donors (Lipinski definition) is 0. The van der Waals surface area contributed by atoms with E-state index in [0.29, 0.717) is 17.4 Å². The van der Waals surface area contributed by atoms with E-state index in [0.717, 1.165) is 40.5 Å². The second-order valence-electron chi connectivity index (χ2n) is 7.42. The molecule has 30 heavy (non-hydrogen) atoms. The van der Waals surface area contributed by atoms with Gasteiger partial charge in [-0.2, -0.15) is 0 Å². The Morgan fingerprint density at radius 1 is 0.967 bits per heavy atom. The normalized spacial score (nSPS) is 13.4. The zero-order valence-electron chi connectivity index (χ0n) is 16.9. The summed E-state index contributed by atoms with van der Waals surface area (Å²) in [7, 11) is 3.33. The van der Waals surface area contributed by atoms with Crippen molar-refractivity contribution in [1.29, 1.82) is 0 Å². The van der Waals surface area contributed by atoms with Crippen LogP contribution in [0.3, 0.4) is 0 Å². The highest BCUT2D eigenvalue weighted by molar-refractivity contribution is 5.82. The Hall–Kier alpha value is -3.61. The monoisotopic (exact) mass is 402 g/mol. The van der Waals surface area contributed by atoms with Crippen LogP contribution < -0.4 is 14.4 Å². The molecule has 0 amide bonds. The fourth-order valence-electron chi connectivity index (χ4n) is 3.50. The SMILES string of the molecule is COc1cc(OC)cc(N(CC2CC2)c2ccc3ncc(-c4cnco4)nc3c2)c1. The highest BCUT2D eigenvalue weighted by Gasteiger charge is 2.26. The van der Waals surface area contributed by atoms with Gasteiger partial charge < -0.3 is 18.8 Å². The maximum Gasteiger partial charge on any atom is 0.181 e. The summed E-state index contributed by atoms with van der Waals surface area (Å²) in [5, 5.41) is 0. The van der Waals surface area contributed by atoms with Crippen LogP contribution in [-0.4, -0.2) is 35.7 Å². The van der Waals surface area contributed by atoms with Crippen molar-refractivity contribution in [3.63, 3.8) is 0 Å². The first-order chi connectivity index (χ1) is 14.7. The van der Waals surface area contributed by atoms with Gasteiger partial charge in [-0.25, -0.2) is 9.97 Å². The zero-order valence-corrected chi connectivity index (χ0v) is 16.9. The van der Waals surface area contributed by atoms with Crippen molar-refractivity contribution >= 4 is 22.4 Å². The van der Waals surface area contributed by atoms with Crippen LogP contribution in [0.4, 0.5) is 11.4 Å². The lowest BCUT2D eigenvalue weighted by molar-refractivity contribution is 0.394. The molecule has 0 bridgehead atoms. The van der Waals surface area contributed by atoms with Crippen LogP contribution in [0.2, 0.25) is 0 Å². The summed E-state index contributed by atoms with van der Waals surface area (Å²) in [6.45, 7) is 0.928. The van der Waals surface area contributed by atoms with E-state index in [1.165, 1.54) is 19.2 Å². The second kappa shape index (κ2) is 7.67. The first-order valence-corrected chi connectivity index (χ1v) is 9.90. The molecule has 4 aromatic rings. The van der Waals surface area contributed by atoms with Gasteiger partial charge in [0.2, 0.25) is 0 Å². The van der Waals surface area contributed by atoms with Gasteiger partial charge in [0.05, 0.1) is 37.6 Å². The molecule has 1 aliphatic carbocycles. The fraction of sp³-hybridized carbons (Fsp3) is 0.261. The average molecular weight is 402 g/mol. The van der Waals surface area contributed by atoms with E-state index < -0.39 is 0 Å². The van der Waals surface area contributed by atoms with Crippen molar-refractivity contribution in [2.75, 3.05) is 25.7 Å². The number of aromatic nitrogens is 3. The van der Waals surface area contributed by atoms with Crippen LogP contribution in [0, 0.1) is 5.92 Å². The Morgan fingerprint density at radius 2 is 1.77 bits per heavy atom. The highest BCUT2D eigenvalue weighted by atomic mass is 16.5. The number of hydrogen-bond acceptors (Lipinski definition) is 7. The van der Waals surface area contributed by atoms with E-state index in [2.05, 4.69) is 27.0 Å². The molecule has 0 aliphatic heterocycles. The number of ether oxygens (including phenoxy) is 2. The molecule has 1 fully saturated rings. The molecule has 0 radical (unpaired) electrons. The minimum atomic E-state index is 0.599. The predicted octanol–water partition coefficient (Wildman–Crippen LogP) is 4.85. The Bertz CT molecular complexity index is 1150. The predicted molar refractivity (Wildman–Crippen MR) is 114 cm³/mol. The van der Waals surface area contributed by atoms with Gasteiger partial charge in [-0.15, -0.1) is 0 Å². The van der Waals surface area contributed by atoms with Gasteiger partial charge in [0.15, 0.2) is 12.2 Å². The van der Waals surface area contributed by atoms with Crippen molar-refractivity contribution in [1.82, 2.24) is 15.0 Å². The van der Waals surface area contributed by atoms with E-state index in [9.17, 15) is 0 Å². The van der Waals surface area contributed by atoms with Crippen LogP contribution in [0.25, 0.3) is 22.5 Å². The zero-order chi connectivity index (χ0) is 20.5. The molecule has 1 aliphatic rings. The summed E-state index contributed by atoms with van der Waals surface area (Å²) in [6, 6.07) is 12.1. The standard InChI is InChI=1S/C23H22N4O3/c1-28-18-7-17(8-19(10-18)29-2)27(13-15-3-4-15)16-5-6-20-21(9-16)26-22(11-25-20)23-12-24-14-30-23/h5-12,14-15H,3-4,13H2,1-2H3. The van der Waals surface area contributed by atoms with E-state index in [1.807, 2.05) is 24.3 Å². The molecule has 2 heterocycles. The number of anilines is 2. The minimum absolute atomic E-state index is 0.599. The third kappa shape index (κ3) is 3.66. The number of benzene rings is 2. The molecule has 5 rings (SSSR count). The lowest BCUT2D eigenvalue weighted by Crippen LogP contribution is -2.20. The molecule has 152 valence electrons. The minimum Gasteiger partial charge on any atom is -0.497 e. The Morgan fingerprint density at radius 3 is 2.43 bits per heavy atom. The number of oxazole rings is 1. The van der Waals surface area contributed by atoms with Crippen LogP contribution in [0.15, 0.2) is 59.6 Å². The van der Waals surface area contributed by atoms with Crippen molar-refractivity contribution < 1.29 is 13.9 Å². The molecule has 0 saturated heterocycles. The largest absolute Gasteiger partial charge is 0.497 e. The summed E-state index contributed by atoms with van der Waals surface area (Å²) >= 11 is 0. The van der Waals surface area contributed by atoms with Gasteiger partial charge in [0.1, 0.15) is 17.2 Å². The molecule has 7 heteroatoms. The van der Waals surface area contributed by atoms with Crippen LogP contribution in [0.1, 0.15) is 12.8 Å². The van der Waals surface area contributed by atoms with Crippen molar-refractivity contribution in [2.45, 2.75) is 12.8 Å². The number of methoxy groups -OCH3 is 2. The summed E-state index contributed by atoms with van der Waals surface area (Å²) in [4.78, 5) is 15.5. The van der Waals surface area contributed by atoms with E-state index in [4.69, 9.17) is 18.9 Å². The number of fused-ring (bicyclic) bond motifs is 1. The van der Waals surface area contributed by atoms with E-state index in [-0.39, 0.29) is 0 Å². The maximum absolute atomic E-state index is 5.49. The summed E-state index contributed by atoms with van der Waals surface area (Å²) in [5.74, 6) is 2.81. The molecule has 2 aromatic carbocycles. The topological polar surface area (TPSA) is 73.5 Å². The lowest BCUT2D eigenvalue weighted by Gasteiger charge is -2.26. The Balaban J connectivity index is 1.58. The summed E-state index contributed by atoms with van der Waals surface area (Å²) < 4.78 is 16.3. The highest BCUT2D eigenvalue weighted by Crippen LogP contribution is 2.38. The van der Waals surface area contributed by atoms with Crippen LogP contribution in [-0.2, 0) is 0 Å². The van der Waals surface area contributed by atoms with Crippen molar-refractivity contribution in [2.24, 2.45) is 5.92 Å². The average Bonchev–Trinajstić information content (AvgIpc) is 3.45.